The summed E-state index contributed by atoms with van der Waals surface area (Å²) >= 11 is 0. The molecule has 0 spiro atoms. The number of hydrazine groups is 1. The summed E-state index contributed by atoms with van der Waals surface area (Å²) < 4.78 is 22.8. The summed E-state index contributed by atoms with van der Waals surface area (Å²) in [5, 5.41) is 0. The van der Waals surface area contributed by atoms with E-state index in [2.05, 4.69) is 10.4 Å². The quantitative estimate of drug-likeness (QED) is 0.573. The van der Waals surface area contributed by atoms with Gasteiger partial charge in [0, 0.05) is 24.2 Å². The number of sulfone groups is 1. The number of hydrogen-bond donors (Lipinski definition) is 2. The molecule has 0 aromatic carbocycles. The van der Waals surface area contributed by atoms with Crippen molar-refractivity contribution in [2.45, 2.75) is 32.7 Å². The van der Waals surface area contributed by atoms with Crippen molar-refractivity contribution < 1.29 is 8.42 Å². The molecular weight excluding hydrogens is 250 g/mol. The Morgan fingerprint density at radius 3 is 2.72 bits per heavy atom. The maximum atomic E-state index is 11.4. The van der Waals surface area contributed by atoms with Gasteiger partial charge in [-0.05, 0) is 30.9 Å². The third-order valence-corrected chi connectivity index (χ3v) is 4.68. The monoisotopic (exact) mass is 271 g/mol. The van der Waals surface area contributed by atoms with Gasteiger partial charge in [-0.1, -0.05) is 13.0 Å². The number of aromatic nitrogens is 1. The molecule has 0 radical (unpaired) electrons. The van der Waals surface area contributed by atoms with Gasteiger partial charge < -0.3 is 0 Å². The first-order valence-corrected chi connectivity index (χ1v) is 7.88. The van der Waals surface area contributed by atoms with Gasteiger partial charge in [-0.2, -0.15) is 0 Å². The van der Waals surface area contributed by atoms with Crippen LogP contribution in [0.15, 0.2) is 18.5 Å². The summed E-state index contributed by atoms with van der Waals surface area (Å²) in [5.41, 5.74) is 4.77. The lowest BCUT2D eigenvalue weighted by molar-refractivity contribution is 0.505. The van der Waals surface area contributed by atoms with E-state index in [1.54, 1.807) is 19.3 Å². The van der Waals surface area contributed by atoms with E-state index in [0.29, 0.717) is 12.8 Å². The molecule has 1 rings (SSSR count). The van der Waals surface area contributed by atoms with E-state index < -0.39 is 9.84 Å². The summed E-state index contributed by atoms with van der Waals surface area (Å²) in [4.78, 5) is 4.11. The Hall–Kier alpha value is -0.980. The Morgan fingerprint density at radius 1 is 1.44 bits per heavy atom. The molecule has 102 valence electrons. The Balaban J connectivity index is 2.58. The van der Waals surface area contributed by atoms with Crippen LogP contribution >= 0.6 is 0 Å². The minimum absolute atomic E-state index is 0.0514. The topological polar surface area (TPSA) is 85.1 Å². The van der Waals surface area contributed by atoms with Crippen LogP contribution in [-0.2, 0) is 9.84 Å². The fourth-order valence-corrected chi connectivity index (χ4v) is 2.66. The molecule has 0 aliphatic carbocycles. The molecule has 0 saturated heterocycles. The summed E-state index contributed by atoms with van der Waals surface area (Å²) in [6, 6.07) is 1.95. The zero-order chi connectivity index (χ0) is 13.6. The van der Waals surface area contributed by atoms with Crippen LogP contribution in [0.1, 0.15) is 36.9 Å². The molecule has 0 saturated carbocycles. The highest BCUT2D eigenvalue weighted by Crippen LogP contribution is 2.18. The number of pyridine rings is 1. The second-order valence-corrected chi connectivity index (χ2v) is 6.87. The summed E-state index contributed by atoms with van der Waals surface area (Å²) in [6.45, 7) is 3.63. The van der Waals surface area contributed by atoms with Crippen LogP contribution in [0.25, 0.3) is 0 Å². The molecule has 5 nitrogen and oxygen atoms in total. The van der Waals surface area contributed by atoms with E-state index in [-0.39, 0.29) is 17.5 Å². The van der Waals surface area contributed by atoms with Gasteiger partial charge in [0.05, 0.1) is 5.75 Å². The van der Waals surface area contributed by atoms with Gasteiger partial charge in [0.15, 0.2) is 0 Å². The molecular formula is C12H21N3O2S. The minimum atomic E-state index is -2.90. The van der Waals surface area contributed by atoms with Gasteiger partial charge in [-0.3, -0.25) is 16.3 Å². The van der Waals surface area contributed by atoms with Crippen molar-refractivity contribution in [2.75, 3.05) is 11.5 Å². The van der Waals surface area contributed by atoms with Crippen LogP contribution < -0.4 is 11.3 Å². The maximum Gasteiger partial charge on any atom is 0.150 e. The molecule has 3 N–H and O–H groups in total. The average Bonchev–Trinajstić information content (AvgIpc) is 2.34. The number of nitrogens with one attached hydrogen (secondary N) is 1. The molecule has 6 heteroatoms. The van der Waals surface area contributed by atoms with Gasteiger partial charge in [-0.25, -0.2) is 8.42 Å². The zero-order valence-electron chi connectivity index (χ0n) is 10.9. The number of nitrogens with two attached hydrogens (primary N) is 1. The highest BCUT2D eigenvalue weighted by atomic mass is 32.2. The Kier molecular flexibility index (Phi) is 5.71. The predicted octanol–water partition coefficient (Wildman–Crippen LogP) is 1.11. The fraction of sp³-hybridized carbons (Fsp3) is 0.583. The van der Waals surface area contributed by atoms with E-state index >= 15 is 0 Å². The Labute approximate surface area is 109 Å². The Morgan fingerprint density at radius 2 is 2.17 bits per heavy atom. The number of hydrogen-bond acceptors (Lipinski definition) is 5. The van der Waals surface area contributed by atoms with Crippen molar-refractivity contribution >= 4 is 9.84 Å². The van der Waals surface area contributed by atoms with Crippen molar-refractivity contribution in [1.82, 2.24) is 10.4 Å². The summed E-state index contributed by atoms with van der Waals surface area (Å²) in [6.07, 6.45) is 4.81. The molecule has 1 heterocycles. The first-order valence-electron chi connectivity index (χ1n) is 6.06. The Bertz CT molecular complexity index is 474. The van der Waals surface area contributed by atoms with Crippen LogP contribution in [0, 0.1) is 6.92 Å². The SMILES string of the molecule is CCS(=O)(=O)CCCC(NN)c1cncc(C)c1. The van der Waals surface area contributed by atoms with Crippen LogP contribution in [0.4, 0.5) is 0 Å². The fourth-order valence-electron chi connectivity index (χ4n) is 1.77. The zero-order valence-corrected chi connectivity index (χ0v) is 11.7. The van der Waals surface area contributed by atoms with Crippen molar-refractivity contribution in [3.63, 3.8) is 0 Å². The highest BCUT2D eigenvalue weighted by molar-refractivity contribution is 7.91. The lowest BCUT2D eigenvalue weighted by atomic mass is 10.0. The van der Waals surface area contributed by atoms with Crippen molar-refractivity contribution in [3.05, 3.63) is 29.6 Å². The second kappa shape index (κ2) is 6.82. The molecule has 1 unspecified atom stereocenters. The van der Waals surface area contributed by atoms with Crippen molar-refractivity contribution in [1.29, 1.82) is 0 Å². The predicted molar refractivity (Wildman–Crippen MR) is 72.6 cm³/mol. The third-order valence-electron chi connectivity index (χ3n) is 2.89. The van der Waals surface area contributed by atoms with Crippen LogP contribution in [-0.4, -0.2) is 24.9 Å². The van der Waals surface area contributed by atoms with Crippen molar-refractivity contribution in [3.8, 4) is 0 Å². The molecule has 1 aromatic heterocycles. The molecule has 18 heavy (non-hydrogen) atoms. The van der Waals surface area contributed by atoms with Crippen LogP contribution in [0.3, 0.4) is 0 Å². The third kappa shape index (κ3) is 4.72. The highest BCUT2D eigenvalue weighted by Gasteiger charge is 2.13. The summed E-state index contributed by atoms with van der Waals surface area (Å²) in [5.74, 6) is 5.91. The lowest BCUT2D eigenvalue weighted by Crippen LogP contribution is -2.28. The molecule has 1 atom stereocenters. The van der Waals surface area contributed by atoms with E-state index in [1.165, 1.54) is 0 Å². The van der Waals surface area contributed by atoms with Crippen molar-refractivity contribution in [2.24, 2.45) is 5.84 Å². The van der Waals surface area contributed by atoms with E-state index in [9.17, 15) is 8.42 Å². The minimum Gasteiger partial charge on any atom is -0.271 e. The van der Waals surface area contributed by atoms with E-state index in [0.717, 1.165) is 11.1 Å². The van der Waals surface area contributed by atoms with E-state index in [4.69, 9.17) is 5.84 Å². The number of aryl methyl sites for hydroxylation is 1. The normalized spacial score (nSPS) is 13.5. The van der Waals surface area contributed by atoms with Gasteiger partial charge >= 0.3 is 0 Å². The van der Waals surface area contributed by atoms with Crippen LogP contribution in [0.2, 0.25) is 0 Å². The smallest absolute Gasteiger partial charge is 0.150 e. The van der Waals surface area contributed by atoms with Gasteiger partial charge in [-0.15, -0.1) is 0 Å². The van der Waals surface area contributed by atoms with Gasteiger partial charge in [0.1, 0.15) is 9.84 Å². The molecule has 0 bridgehead atoms. The standard InChI is InChI=1S/C12H21N3O2S/c1-3-18(16,17)6-4-5-12(15-13)11-7-10(2)8-14-9-11/h7-9,12,15H,3-6,13H2,1-2H3. The van der Waals surface area contributed by atoms with Gasteiger partial charge in [0.2, 0.25) is 0 Å². The molecule has 1 aromatic rings. The van der Waals surface area contributed by atoms with Crippen LogP contribution in [0.5, 0.6) is 0 Å². The molecule has 0 aliphatic heterocycles. The second-order valence-electron chi connectivity index (χ2n) is 4.39. The largest absolute Gasteiger partial charge is 0.271 e. The number of nitrogens with zero attached hydrogens (tertiary/aromatic N) is 1. The molecule has 0 amide bonds. The first kappa shape index (κ1) is 15.1. The molecule has 0 fully saturated rings. The van der Waals surface area contributed by atoms with E-state index in [1.807, 2.05) is 13.0 Å². The molecule has 0 aliphatic rings. The number of rotatable bonds is 7. The summed E-state index contributed by atoms with van der Waals surface area (Å²) in [7, 11) is -2.90. The van der Waals surface area contributed by atoms with Gasteiger partial charge in [0.25, 0.3) is 0 Å². The average molecular weight is 271 g/mol. The lowest BCUT2D eigenvalue weighted by Gasteiger charge is -2.16. The maximum absolute atomic E-state index is 11.4. The first-order chi connectivity index (χ1) is 8.48.